The van der Waals surface area contributed by atoms with Gasteiger partial charge in [-0.2, -0.15) is 18.3 Å². The molecule has 0 aliphatic rings. The van der Waals surface area contributed by atoms with Crippen LogP contribution >= 0.6 is 23.2 Å². The predicted molar refractivity (Wildman–Crippen MR) is 90.8 cm³/mol. The van der Waals surface area contributed by atoms with Gasteiger partial charge in [0.2, 0.25) is 15.5 Å². The predicted octanol–water partition coefficient (Wildman–Crippen LogP) is 3.07. The molecule has 0 aliphatic carbocycles. The van der Waals surface area contributed by atoms with Crippen molar-refractivity contribution in [2.75, 3.05) is 6.54 Å². The Hall–Kier alpha value is -1.62. The van der Waals surface area contributed by atoms with Gasteiger partial charge < -0.3 is 0 Å². The van der Waals surface area contributed by atoms with Gasteiger partial charge in [0.15, 0.2) is 0 Å². The number of benzene rings is 1. The number of halogens is 5. The van der Waals surface area contributed by atoms with E-state index in [9.17, 15) is 26.4 Å². The number of aromatic nitrogens is 2. The van der Waals surface area contributed by atoms with E-state index in [-0.39, 0.29) is 27.0 Å². The van der Waals surface area contributed by atoms with E-state index in [0.29, 0.717) is 10.7 Å². The highest BCUT2D eigenvalue weighted by Crippen LogP contribution is 2.34. The SMILES string of the molecule is CCNS(=O)(=O)c1cc(-c2nn(C)c(C(F)(F)F)cc2=O)c(Cl)cc1Cl. The summed E-state index contributed by atoms with van der Waals surface area (Å²) < 4.78 is 65.7. The van der Waals surface area contributed by atoms with Crippen molar-refractivity contribution in [3.8, 4) is 11.3 Å². The van der Waals surface area contributed by atoms with Crippen molar-refractivity contribution in [2.45, 2.75) is 18.0 Å². The van der Waals surface area contributed by atoms with E-state index in [4.69, 9.17) is 23.2 Å². The molecule has 0 bridgehead atoms. The van der Waals surface area contributed by atoms with Crippen LogP contribution in [0.1, 0.15) is 12.6 Å². The maximum absolute atomic E-state index is 12.9. The first kappa shape index (κ1) is 20.7. The van der Waals surface area contributed by atoms with E-state index in [1.807, 2.05) is 0 Å². The third-order valence-corrected chi connectivity index (χ3v) is 5.61. The first-order valence-electron chi connectivity index (χ1n) is 7.03. The minimum Gasteiger partial charge on any atom is -0.287 e. The van der Waals surface area contributed by atoms with Crippen LogP contribution in [0.5, 0.6) is 0 Å². The maximum atomic E-state index is 12.9. The first-order valence-corrected chi connectivity index (χ1v) is 9.27. The molecule has 2 rings (SSSR count). The van der Waals surface area contributed by atoms with Gasteiger partial charge in [0.1, 0.15) is 16.3 Å². The Morgan fingerprint density at radius 2 is 1.81 bits per heavy atom. The summed E-state index contributed by atoms with van der Waals surface area (Å²) in [5, 5.41) is 3.28. The average molecular weight is 430 g/mol. The van der Waals surface area contributed by atoms with Crippen molar-refractivity contribution in [2.24, 2.45) is 7.05 Å². The fourth-order valence-electron chi connectivity index (χ4n) is 2.18. The summed E-state index contributed by atoms with van der Waals surface area (Å²) in [6.45, 7) is 1.63. The van der Waals surface area contributed by atoms with Crippen LogP contribution in [0.15, 0.2) is 27.9 Å². The van der Waals surface area contributed by atoms with Crippen molar-refractivity contribution in [3.63, 3.8) is 0 Å². The van der Waals surface area contributed by atoms with Gasteiger partial charge in [-0.05, 0) is 12.1 Å². The van der Waals surface area contributed by atoms with Crippen molar-refractivity contribution >= 4 is 33.2 Å². The highest BCUT2D eigenvalue weighted by atomic mass is 35.5. The van der Waals surface area contributed by atoms with Gasteiger partial charge in [-0.15, -0.1) is 0 Å². The van der Waals surface area contributed by atoms with E-state index in [1.54, 1.807) is 6.92 Å². The third kappa shape index (κ3) is 4.03. The number of aryl methyl sites for hydroxylation is 1. The van der Waals surface area contributed by atoms with Gasteiger partial charge in [-0.25, -0.2) is 13.1 Å². The minimum absolute atomic E-state index is 0.0803. The largest absolute Gasteiger partial charge is 0.433 e. The van der Waals surface area contributed by atoms with Gasteiger partial charge >= 0.3 is 6.18 Å². The lowest BCUT2D eigenvalue weighted by Gasteiger charge is -2.14. The zero-order chi connectivity index (χ0) is 19.9. The van der Waals surface area contributed by atoms with Gasteiger partial charge in [0.25, 0.3) is 0 Å². The van der Waals surface area contributed by atoms with Crippen LogP contribution in [0.25, 0.3) is 11.3 Å². The van der Waals surface area contributed by atoms with Gasteiger partial charge in [0.05, 0.1) is 10.0 Å². The van der Waals surface area contributed by atoms with Crippen LogP contribution < -0.4 is 10.2 Å². The Labute approximate surface area is 156 Å². The molecule has 26 heavy (non-hydrogen) atoms. The Balaban J connectivity index is 2.74. The molecule has 0 fully saturated rings. The summed E-state index contributed by atoms with van der Waals surface area (Å²) in [6.07, 6.45) is -4.78. The second kappa shape index (κ2) is 7.18. The summed E-state index contributed by atoms with van der Waals surface area (Å²) in [4.78, 5) is 11.8. The quantitative estimate of drug-likeness (QED) is 0.809. The molecular formula is C14H12Cl2F3N3O3S. The van der Waals surface area contributed by atoms with Crippen molar-refractivity contribution < 1.29 is 21.6 Å². The molecule has 0 saturated carbocycles. The highest BCUT2D eigenvalue weighted by molar-refractivity contribution is 7.89. The van der Waals surface area contributed by atoms with Crippen LogP contribution in [-0.2, 0) is 23.2 Å². The molecular weight excluding hydrogens is 418 g/mol. The monoisotopic (exact) mass is 429 g/mol. The number of rotatable bonds is 4. The van der Waals surface area contributed by atoms with Crippen LogP contribution in [0.2, 0.25) is 10.0 Å². The summed E-state index contributed by atoms with van der Waals surface area (Å²) in [6, 6.07) is 2.45. The number of nitrogens with zero attached hydrogens (tertiary/aromatic N) is 2. The Morgan fingerprint density at radius 1 is 1.19 bits per heavy atom. The summed E-state index contributed by atoms with van der Waals surface area (Å²) in [5.74, 6) is 0. The number of nitrogens with one attached hydrogen (secondary N) is 1. The van der Waals surface area contributed by atoms with Crippen LogP contribution in [-0.4, -0.2) is 24.7 Å². The number of sulfonamides is 1. The summed E-state index contributed by atoms with van der Waals surface area (Å²) in [5.41, 5.74) is -2.90. The second-order valence-electron chi connectivity index (χ2n) is 5.13. The topological polar surface area (TPSA) is 81.1 Å². The first-order chi connectivity index (χ1) is 11.9. The molecule has 6 nitrogen and oxygen atoms in total. The molecule has 1 N–H and O–H groups in total. The standard InChI is InChI=1S/C14H12Cl2F3N3O3S/c1-3-20-26(24,25)11-4-7(8(15)5-9(11)16)13-10(23)6-12(14(17,18)19)22(2)21-13/h4-6,20H,3H2,1-2H3. The molecule has 0 atom stereocenters. The third-order valence-electron chi connectivity index (χ3n) is 3.29. The van der Waals surface area contributed by atoms with Crippen molar-refractivity contribution in [1.29, 1.82) is 0 Å². The Morgan fingerprint density at radius 3 is 2.35 bits per heavy atom. The summed E-state index contributed by atoms with van der Waals surface area (Å²) >= 11 is 11.9. The fourth-order valence-corrected chi connectivity index (χ4v) is 4.08. The zero-order valence-electron chi connectivity index (χ0n) is 13.4. The second-order valence-corrected chi connectivity index (χ2v) is 7.68. The molecule has 0 unspecified atom stereocenters. The van der Waals surface area contributed by atoms with E-state index >= 15 is 0 Å². The molecule has 1 heterocycles. The van der Waals surface area contributed by atoms with Crippen molar-refractivity contribution in [1.82, 2.24) is 14.5 Å². The van der Waals surface area contributed by atoms with E-state index in [2.05, 4.69) is 9.82 Å². The molecule has 2 aromatic rings. The van der Waals surface area contributed by atoms with Crippen LogP contribution in [0.4, 0.5) is 13.2 Å². The van der Waals surface area contributed by atoms with Gasteiger partial charge in [-0.1, -0.05) is 30.1 Å². The lowest BCUT2D eigenvalue weighted by atomic mass is 10.1. The fraction of sp³-hybridized carbons (Fsp3) is 0.286. The molecule has 0 radical (unpaired) electrons. The van der Waals surface area contributed by atoms with Crippen LogP contribution in [0.3, 0.4) is 0 Å². The van der Waals surface area contributed by atoms with E-state index < -0.39 is 33.0 Å². The van der Waals surface area contributed by atoms with Crippen LogP contribution in [0, 0.1) is 0 Å². The Bertz CT molecular complexity index is 1020. The average Bonchev–Trinajstić information content (AvgIpc) is 2.48. The van der Waals surface area contributed by atoms with Gasteiger partial charge in [0, 0.05) is 25.2 Å². The van der Waals surface area contributed by atoms with E-state index in [1.165, 1.54) is 0 Å². The molecule has 1 aromatic heterocycles. The molecule has 0 amide bonds. The Kier molecular flexibility index (Phi) is 5.71. The molecule has 1 aromatic carbocycles. The molecule has 0 aliphatic heterocycles. The van der Waals surface area contributed by atoms with E-state index in [0.717, 1.165) is 19.2 Å². The number of hydrogen-bond acceptors (Lipinski definition) is 4. The molecule has 0 saturated heterocycles. The molecule has 142 valence electrons. The highest BCUT2D eigenvalue weighted by Gasteiger charge is 2.35. The molecule has 0 spiro atoms. The number of hydrogen-bond donors (Lipinski definition) is 1. The minimum atomic E-state index is -4.78. The van der Waals surface area contributed by atoms with Gasteiger partial charge in [-0.3, -0.25) is 9.48 Å². The number of alkyl halides is 3. The summed E-state index contributed by atoms with van der Waals surface area (Å²) in [7, 11) is -2.99. The van der Waals surface area contributed by atoms with Crippen molar-refractivity contribution in [3.05, 3.63) is 44.2 Å². The lowest BCUT2D eigenvalue weighted by Crippen LogP contribution is -2.24. The zero-order valence-corrected chi connectivity index (χ0v) is 15.7. The normalized spacial score (nSPS) is 12.4. The maximum Gasteiger partial charge on any atom is 0.433 e. The molecule has 12 heteroatoms. The lowest BCUT2D eigenvalue weighted by molar-refractivity contribution is -0.144. The smallest absolute Gasteiger partial charge is 0.287 e.